The van der Waals surface area contributed by atoms with E-state index in [1.54, 1.807) is 0 Å². The molecule has 1 N–H and O–H groups in total. The van der Waals surface area contributed by atoms with Crippen molar-refractivity contribution in [2.24, 2.45) is 11.8 Å². The molecular weight excluding hydrogens is 254 g/mol. The molecule has 0 bridgehead atoms. The summed E-state index contributed by atoms with van der Waals surface area (Å²) >= 11 is 0. The molecule has 0 aromatic rings. The van der Waals surface area contributed by atoms with Crippen molar-refractivity contribution < 1.29 is 14.3 Å². The molecule has 0 spiro atoms. The number of hydrogen-bond acceptors (Lipinski definition) is 4. The number of carbonyl (C=O) groups excluding carboxylic acids is 1. The zero-order chi connectivity index (χ0) is 15.0. The highest BCUT2D eigenvalue weighted by Gasteiger charge is 2.48. The Morgan fingerprint density at radius 3 is 2.75 bits per heavy atom. The van der Waals surface area contributed by atoms with Crippen LogP contribution in [0, 0.1) is 11.8 Å². The van der Waals surface area contributed by atoms with Crippen LogP contribution in [-0.4, -0.2) is 38.4 Å². The molecule has 0 aromatic carbocycles. The van der Waals surface area contributed by atoms with Crippen molar-refractivity contribution in [1.82, 2.24) is 5.32 Å². The Kier molecular flexibility index (Phi) is 7.52. The fourth-order valence-corrected chi connectivity index (χ4v) is 3.19. The third-order valence-electron chi connectivity index (χ3n) is 4.31. The molecule has 4 nitrogen and oxygen atoms in total. The monoisotopic (exact) mass is 285 g/mol. The van der Waals surface area contributed by atoms with Crippen molar-refractivity contribution in [2.45, 2.75) is 58.4 Å². The van der Waals surface area contributed by atoms with Crippen LogP contribution in [0.4, 0.5) is 0 Å². The number of rotatable bonds is 9. The van der Waals surface area contributed by atoms with Crippen molar-refractivity contribution in [3.8, 4) is 0 Å². The van der Waals surface area contributed by atoms with Crippen LogP contribution >= 0.6 is 0 Å². The van der Waals surface area contributed by atoms with E-state index in [4.69, 9.17) is 9.47 Å². The number of ether oxygens (including phenoxy) is 2. The molecule has 2 unspecified atom stereocenters. The Morgan fingerprint density at radius 2 is 2.15 bits per heavy atom. The SMILES string of the molecule is CCNC1(C(=O)OC)CCCC1CCOCCC(C)C. The van der Waals surface area contributed by atoms with Gasteiger partial charge in [-0.1, -0.05) is 27.2 Å². The van der Waals surface area contributed by atoms with Gasteiger partial charge in [0.05, 0.1) is 7.11 Å². The van der Waals surface area contributed by atoms with Gasteiger partial charge in [-0.2, -0.15) is 0 Å². The summed E-state index contributed by atoms with van der Waals surface area (Å²) in [5, 5.41) is 3.39. The summed E-state index contributed by atoms with van der Waals surface area (Å²) in [5.41, 5.74) is -0.481. The van der Waals surface area contributed by atoms with E-state index in [9.17, 15) is 4.79 Å². The summed E-state index contributed by atoms with van der Waals surface area (Å²) in [4.78, 5) is 12.2. The van der Waals surface area contributed by atoms with Crippen molar-refractivity contribution in [3.63, 3.8) is 0 Å². The summed E-state index contributed by atoms with van der Waals surface area (Å²) in [6, 6.07) is 0. The van der Waals surface area contributed by atoms with Crippen molar-refractivity contribution in [3.05, 3.63) is 0 Å². The second kappa shape index (κ2) is 8.63. The highest BCUT2D eigenvalue weighted by atomic mass is 16.5. The third-order valence-corrected chi connectivity index (χ3v) is 4.31. The van der Waals surface area contributed by atoms with Gasteiger partial charge in [-0.3, -0.25) is 4.79 Å². The maximum absolute atomic E-state index is 12.2. The van der Waals surface area contributed by atoms with Gasteiger partial charge < -0.3 is 14.8 Å². The molecule has 0 aromatic heterocycles. The number of likely N-dealkylation sites (N-methyl/N-ethyl adjacent to an activating group) is 1. The van der Waals surface area contributed by atoms with Crippen LogP contribution in [0.3, 0.4) is 0 Å². The van der Waals surface area contributed by atoms with Crippen LogP contribution in [0.2, 0.25) is 0 Å². The molecule has 0 saturated heterocycles. The van der Waals surface area contributed by atoms with E-state index in [1.165, 1.54) is 7.11 Å². The zero-order valence-electron chi connectivity index (χ0n) is 13.5. The predicted octanol–water partition coefficient (Wildman–Crippen LogP) is 2.76. The fourth-order valence-electron chi connectivity index (χ4n) is 3.19. The minimum atomic E-state index is -0.481. The van der Waals surface area contributed by atoms with Crippen LogP contribution in [0.1, 0.15) is 52.9 Å². The molecule has 0 radical (unpaired) electrons. The van der Waals surface area contributed by atoms with Gasteiger partial charge in [-0.25, -0.2) is 0 Å². The van der Waals surface area contributed by atoms with Crippen LogP contribution in [0.15, 0.2) is 0 Å². The van der Waals surface area contributed by atoms with E-state index in [-0.39, 0.29) is 5.97 Å². The molecule has 1 aliphatic rings. The van der Waals surface area contributed by atoms with Crippen LogP contribution in [-0.2, 0) is 14.3 Å². The summed E-state index contributed by atoms with van der Waals surface area (Å²) < 4.78 is 10.7. The van der Waals surface area contributed by atoms with E-state index in [0.29, 0.717) is 11.8 Å². The van der Waals surface area contributed by atoms with Gasteiger partial charge in [0.1, 0.15) is 5.54 Å². The number of carbonyl (C=O) groups is 1. The number of methoxy groups -OCH3 is 1. The van der Waals surface area contributed by atoms with E-state index >= 15 is 0 Å². The number of esters is 1. The molecule has 1 rings (SSSR count). The topological polar surface area (TPSA) is 47.6 Å². The smallest absolute Gasteiger partial charge is 0.326 e. The lowest BCUT2D eigenvalue weighted by Crippen LogP contribution is -2.55. The quantitative estimate of drug-likeness (QED) is 0.523. The Labute approximate surface area is 123 Å². The van der Waals surface area contributed by atoms with Gasteiger partial charge in [0, 0.05) is 13.2 Å². The minimum absolute atomic E-state index is 0.107. The zero-order valence-corrected chi connectivity index (χ0v) is 13.5. The van der Waals surface area contributed by atoms with Gasteiger partial charge in [-0.15, -0.1) is 0 Å². The van der Waals surface area contributed by atoms with E-state index in [1.807, 2.05) is 6.92 Å². The first-order valence-corrected chi connectivity index (χ1v) is 7.98. The van der Waals surface area contributed by atoms with Gasteiger partial charge in [0.15, 0.2) is 0 Å². The second-order valence-electron chi connectivity index (χ2n) is 6.17. The minimum Gasteiger partial charge on any atom is -0.468 e. The molecule has 0 aliphatic heterocycles. The Morgan fingerprint density at radius 1 is 1.40 bits per heavy atom. The molecule has 1 aliphatic carbocycles. The van der Waals surface area contributed by atoms with Crippen LogP contribution in [0.25, 0.3) is 0 Å². The first kappa shape index (κ1) is 17.4. The lowest BCUT2D eigenvalue weighted by Gasteiger charge is -2.33. The first-order valence-electron chi connectivity index (χ1n) is 7.98. The highest BCUT2D eigenvalue weighted by molar-refractivity contribution is 5.81. The van der Waals surface area contributed by atoms with E-state index in [0.717, 1.165) is 51.9 Å². The van der Waals surface area contributed by atoms with Crippen molar-refractivity contribution in [1.29, 1.82) is 0 Å². The third kappa shape index (κ3) is 4.45. The maximum Gasteiger partial charge on any atom is 0.326 e. The van der Waals surface area contributed by atoms with Gasteiger partial charge in [0.2, 0.25) is 0 Å². The largest absolute Gasteiger partial charge is 0.468 e. The summed E-state index contributed by atoms with van der Waals surface area (Å²) in [6.07, 6.45) is 5.07. The van der Waals surface area contributed by atoms with Crippen LogP contribution < -0.4 is 5.32 Å². The lowest BCUT2D eigenvalue weighted by atomic mass is 9.84. The molecule has 118 valence electrons. The first-order chi connectivity index (χ1) is 9.56. The Balaban J connectivity index is 2.47. The van der Waals surface area contributed by atoms with Crippen molar-refractivity contribution in [2.75, 3.05) is 26.9 Å². The van der Waals surface area contributed by atoms with Crippen molar-refractivity contribution >= 4 is 5.97 Å². The number of hydrogen-bond donors (Lipinski definition) is 1. The maximum atomic E-state index is 12.2. The average Bonchev–Trinajstić information content (AvgIpc) is 2.81. The van der Waals surface area contributed by atoms with Gasteiger partial charge in [-0.05, 0) is 44.1 Å². The normalized spacial score (nSPS) is 26.1. The Hall–Kier alpha value is -0.610. The fraction of sp³-hybridized carbons (Fsp3) is 0.938. The Bertz CT molecular complexity index is 293. The van der Waals surface area contributed by atoms with Gasteiger partial charge in [0.25, 0.3) is 0 Å². The molecule has 20 heavy (non-hydrogen) atoms. The summed E-state index contributed by atoms with van der Waals surface area (Å²) in [6.45, 7) is 8.79. The number of nitrogens with one attached hydrogen (secondary N) is 1. The van der Waals surface area contributed by atoms with Gasteiger partial charge >= 0.3 is 5.97 Å². The van der Waals surface area contributed by atoms with Crippen LogP contribution in [0.5, 0.6) is 0 Å². The molecule has 4 heteroatoms. The summed E-state index contributed by atoms with van der Waals surface area (Å²) in [5.74, 6) is 0.898. The summed E-state index contributed by atoms with van der Waals surface area (Å²) in [7, 11) is 1.48. The molecule has 0 heterocycles. The molecule has 1 fully saturated rings. The molecule has 2 atom stereocenters. The predicted molar refractivity (Wildman–Crippen MR) is 80.7 cm³/mol. The standard InChI is InChI=1S/C16H31NO3/c1-5-17-16(15(18)19-4)10-6-7-14(16)9-12-20-11-8-13(2)3/h13-14,17H,5-12H2,1-4H3. The molecule has 1 saturated carbocycles. The molecule has 0 amide bonds. The van der Waals surface area contributed by atoms with E-state index in [2.05, 4.69) is 19.2 Å². The van der Waals surface area contributed by atoms with E-state index < -0.39 is 5.54 Å². The average molecular weight is 285 g/mol. The lowest BCUT2D eigenvalue weighted by molar-refractivity contribution is -0.150. The second-order valence-corrected chi connectivity index (χ2v) is 6.17. The molecular formula is C16H31NO3. The highest BCUT2D eigenvalue weighted by Crippen LogP contribution is 2.38.